The lowest BCUT2D eigenvalue weighted by molar-refractivity contribution is 0.370. The van der Waals surface area contributed by atoms with Crippen molar-refractivity contribution in [3.8, 4) is 5.75 Å². The molecule has 2 N–H and O–H groups in total. The quantitative estimate of drug-likeness (QED) is 0.623. The topological polar surface area (TPSA) is 64.0 Å². The lowest BCUT2D eigenvalue weighted by Crippen LogP contribution is -2.52. The van der Waals surface area contributed by atoms with Gasteiger partial charge in [0.25, 0.3) is 0 Å². The molecule has 0 amide bonds. The van der Waals surface area contributed by atoms with Crippen LogP contribution < -0.4 is 10.2 Å². The van der Waals surface area contributed by atoms with Crippen LogP contribution in [0.25, 0.3) is 0 Å². The maximum Gasteiger partial charge on any atom is 0.194 e. The summed E-state index contributed by atoms with van der Waals surface area (Å²) in [5.74, 6) is 1.32. The maximum absolute atomic E-state index is 10.1. The fourth-order valence-electron chi connectivity index (χ4n) is 3.09. The Morgan fingerprint density at radius 1 is 1.27 bits per heavy atom. The Bertz CT molecular complexity index is 737. The van der Waals surface area contributed by atoms with Gasteiger partial charge in [-0.05, 0) is 26.0 Å². The van der Waals surface area contributed by atoms with E-state index in [4.69, 9.17) is 4.99 Å². The molecule has 1 aliphatic heterocycles. The standard InChI is InChI=1S/C19H27N5OS/c1-3-20-19(21-9-8-18-22-14-15(2)26-18)24-12-10-23(11-13-24)16-6-4-5-7-17(16)25/h4-7,14,25H,3,8-13H2,1-2H3,(H,20,21). The second kappa shape index (κ2) is 8.89. The number of hydrogen-bond acceptors (Lipinski definition) is 5. The second-order valence-electron chi connectivity index (χ2n) is 6.31. The number of nitrogens with one attached hydrogen (secondary N) is 1. The molecule has 0 atom stereocenters. The number of benzene rings is 1. The van der Waals surface area contributed by atoms with Crippen molar-refractivity contribution in [2.24, 2.45) is 4.99 Å². The number of phenols is 1. The van der Waals surface area contributed by atoms with Gasteiger partial charge in [-0.15, -0.1) is 11.3 Å². The Morgan fingerprint density at radius 3 is 2.69 bits per heavy atom. The number of aliphatic imine (C=N–C) groups is 1. The van der Waals surface area contributed by atoms with Gasteiger partial charge < -0.3 is 20.2 Å². The highest BCUT2D eigenvalue weighted by Gasteiger charge is 2.21. The number of aryl methyl sites for hydroxylation is 1. The van der Waals surface area contributed by atoms with E-state index in [1.54, 1.807) is 17.4 Å². The van der Waals surface area contributed by atoms with E-state index in [1.807, 2.05) is 24.4 Å². The van der Waals surface area contributed by atoms with Gasteiger partial charge >= 0.3 is 0 Å². The van der Waals surface area contributed by atoms with E-state index in [0.717, 1.165) is 62.3 Å². The summed E-state index contributed by atoms with van der Waals surface area (Å²) in [6, 6.07) is 7.54. The molecule has 6 nitrogen and oxygen atoms in total. The van der Waals surface area contributed by atoms with E-state index in [1.165, 1.54) is 4.88 Å². The van der Waals surface area contributed by atoms with E-state index < -0.39 is 0 Å². The van der Waals surface area contributed by atoms with Crippen molar-refractivity contribution in [3.63, 3.8) is 0 Å². The van der Waals surface area contributed by atoms with Crippen LogP contribution in [0.1, 0.15) is 16.8 Å². The zero-order valence-electron chi connectivity index (χ0n) is 15.5. The highest BCUT2D eigenvalue weighted by molar-refractivity contribution is 7.11. The van der Waals surface area contributed by atoms with E-state index in [9.17, 15) is 5.11 Å². The summed E-state index contributed by atoms with van der Waals surface area (Å²) in [5, 5.41) is 14.6. The third kappa shape index (κ3) is 4.66. The summed E-state index contributed by atoms with van der Waals surface area (Å²) >= 11 is 1.74. The molecule has 0 spiro atoms. The molecule has 0 aliphatic carbocycles. The predicted molar refractivity (Wildman–Crippen MR) is 108 cm³/mol. The number of phenolic OH excluding ortho intramolecular Hbond substituents is 1. The SMILES string of the molecule is CCNC(=NCCc1ncc(C)s1)N1CCN(c2ccccc2O)CC1. The smallest absolute Gasteiger partial charge is 0.194 e. The molecule has 1 saturated heterocycles. The molecule has 140 valence electrons. The molecule has 7 heteroatoms. The molecular weight excluding hydrogens is 346 g/mol. The minimum atomic E-state index is 0.347. The lowest BCUT2D eigenvalue weighted by atomic mass is 10.2. The van der Waals surface area contributed by atoms with E-state index in [-0.39, 0.29) is 0 Å². The Labute approximate surface area is 159 Å². The number of thiazole rings is 1. The summed E-state index contributed by atoms with van der Waals surface area (Å²) in [5.41, 5.74) is 0.910. The minimum Gasteiger partial charge on any atom is -0.506 e. The molecule has 0 saturated carbocycles. The van der Waals surface area contributed by atoms with Crippen molar-refractivity contribution < 1.29 is 5.11 Å². The van der Waals surface area contributed by atoms with Crippen molar-refractivity contribution in [1.82, 2.24) is 15.2 Å². The average molecular weight is 374 g/mol. The first kappa shape index (κ1) is 18.5. The fourth-order valence-corrected chi connectivity index (χ4v) is 3.87. The van der Waals surface area contributed by atoms with Gasteiger partial charge in [0.15, 0.2) is 5.96 Å². The van der Waals surface area contributed by atoms with Gasteiger partial charge in [0.2, 0.25) is 0 Å². The Hall–Kier alpha value is -2.28. The molecule has 0 unspecified atom stereocenters. The number of para-hydroxylation sites is 2. The normalized spacial score (nSPS) is 15.4. The molecule has 1 aliphatic rings. The fraction of sp³-hybridized carbons (Fsp3) is 0.474. The van der Waals surface area contributed by atoms with Gasteiger partial charge in [0, 0.05) is 56.8 Å². The number of hydrogen-bond donors (Lipinski definition) is 2. The molecule has 26 heavy (non-hydrogen) atoms. The molecule has 0 bridgehead atoms. The molecule has 1 aromatic carbocycles. The van der Waals surface area contributed by atoms with Crippen molar-refractivity contribution >= 4 is 23.0 Å². The number of nitrogens with zero attached hydrogens (tertiary/aromatic N) is 4. The van der Waals surface area contributed by atoms with Crippen LogP contribution in [0, 0.1) is 6.92 Å². The Balaban J connectivity index is 1.57. The van der Waals surface area contributed by atoms with Gasteiger partial charge in [-0.3, -0.25) is 4.99 Å². The molecule has 3 rings (SSSR count). The Kier molecular flexibility index (Phi) is 6.33. The van der Waals surface area contributed by atoms with Crippen LogP contribution in [0.2, 0.25) is 0 Å². The van der Waals surface area contributed by atoms with Gasteiger partial charge in [0.05, 0.1) is 10.7 Å². The van der Waals surface area contributed by atoms with Crippen LogP contribution >= 0.6 is 11.3 Å². The number of piperazine rings is 1. The molecule has 1 aromatic heterocycles. The molecule has 1 fully saturated rings. The van der Waals surface area contributed by atoms with E-state index >= 15 is 0 Å². The van der Waals surface area contributed by atoms with Crippen LogP contribution in [0.4, 0.5) is 5.69 Å². The predicted octanol–water partition coefficient (Wildman–Crippen LogP) is 2.49. The van der Waals surface area contributed by atoms with Crippen molar-refractivity contribution in [2.45, 2.75) is 20.3 Å². The third-order valence-corrected chi connectivity index (χ3v) is 5.37. The first-order chi connectivity index (χ1) is 12.7. The monoisotopic (exact) mass is 373 g/mol. The zero-order chi connectivity index (χ0) is 18.4. The summed E-state index contributed by atoms with van der Waals surface area (Å²) in [6.45, 7) is 9.29. The summed E-state index contributed by atoms with van der Waals surface area (Å²) in [4.78, 5) is 15.0. The van der Waals surface area contributed by atoms with Crippen LogP contribution in [0.3, 0.4) is 0 Å². The summed E-state index contributed by atoms with van der Waals surface area (Å²) in [6.07, 6.45) is 2.80. The number of rotatable bonds is 5. The van der Waals surface area contributed by atoms with Crippen LogP contribution in [-0.4, -0.2) is 60.2 Å². The highest BCUT2D eigenvalue weighted by atomic mass is 32.1. The zero-order valence-corrected chi connectivity index (χ0v) is 16.3. The molecular formula is C19H27N5OS. The van der Waals surface area contributed by atoms with Crippen LogP contribution in [-0.2, 0) is 6.42 Å². The average Bonchev–Trinajstić information content (AvgIpc) is 3.07. The molecule has 0 radical (unpaired) electrons. The van der Waals surface area contributed by atoms with Gasteiger partial charge in [-0.1, -0.05) is 12.1 Å². The molecule has 2 heterocycles. The van der Waals surface area contributed by atoms with Crippen molar-refractivity contribution in [3.05, 3.63) is 40.3 Å². The van der Waals surface area contributed by atoms with E-state index in [0.29, 0.717) is 5.75 Å². The number of anilines is 1. The number of aromatic nitrogens is 1. The van der Waals surface area contributed by atoms with Crippen molar-refractivity contribution in [2.75, 3.05) is 44.2 Å². The first-order valence-electron chi connectivity index (χ1n) is 9.15. The van der Waals surface area contributed by atoms with Crippen LogP contribution in [0.5, 0.6) is 5.75 Å². The maximum atomic E-state index is 10.1. The second-order valence-corrected chi connectivity index (χ2v) is 7.63. The number of guanidine groups is 1. The first-order valence-corrected chi connectivity index (χ1v) is 9.96. The molecule has 2 aromatic rings. The van der Waals surface area contributed by atoms with E-state index in [2.05, 4.69) is 33.9 Å². The summed E-state index contributed by atoms with van der Waals surface area (Å²) < 4.78 is 0. The minimum absolute atomic E-state index is 0.347. The Morgan fingerprint density at radius 2 is 2.04 bits per heavy atom. The van der Waals surface area contributed by atoms with Crippen LogP contribution in [0.15, 0.2) is 35.5 Å². The largest absolute Gasteiger partial charge is 0.506 e. The van der Waals surface area contributed by atoms with Gasteiger partial charge in [-0.25, -0.2) is 4.98 Å². The highest BCUT2D eigenvalue weighted by Crippen LogP contribution is 2.27. The summed E-state index contributed by atoms with van der Waals surface area (Å²) in [7, 11) is 0. The van der Waals surface area contributed by atoms with Gasteiger partial charge in [0.1, 0.15) is 5.75 Å². The number of aromatic hydroxyl groups is 1. The third-order valence-electron chi connectivity index (χ3n) is 4.39. The van der Waals surface area contributed by atoms with Gasteiger partial charge in [-0.2, -0.15) is 0 Å². The van der Waals surface area contributed by atoms with Crippen molar-refractivity contribution in [1.29, 1.82) is 0 Å². The lowest BCUT2D eigenvalue weighted by Gasteiger charge is -2.37.